The highest BCUT2D eigenvalue weighted by atomic mass is 28.4. The Morgan fingerprint density at radius 2 is 1.10 bits per heavy atom. The summed E-state index contributed by atoms with van der Waals surface area (Å²) >= 11 is 0. The predicted molar refractivity (Wildman–Crippen MR) is 85.0 cm³/mol. The Hall–Kier alpha value is 0.0569. The van der Waals surface area contributed by atoms with Crippen LogP contribution in [0.3, 0.4) is 0 Å². The van der Waals surface area contributed by atoms with E-state index in [0.29, 0.717) is 19.8 Å². The molecule has 20 heavy (non-hydrogen) atoms. The molecule has 0 bridgehead atoms. The summed E-state index contributed by atoms with van der Waals surface area (Å²) in [7, 11) is -0.633. The molecule has 0 aliphatic rings. The highest BCUT2D eigenvalue weighted by molar-refractivity contribution is 6.60. The SMILES string of the molecule is CCO[Si](CCCCCCCCOC)(OCC)OCC. The van der Waals surface area contributed by atoms with Crippen LogP contribution in [-0.2, 0) is 18.0 Å². The highest BCUT2D eigenvalue weighted by Gasteiger charge is 2.39. The van der Waals surface area contributed by atoms with Crippen molar-refractivity contribution in [2.45, 2.75) is 65.3 Å². The van der Waals surface area contributed by atoms with Gasteiger partial charge in [-0.25, -0.2) is 0 Å². The number of rotatable bonds is 15. The lowest BCUT2D eigenvalue weighted by Crippen LogP contribution is -2.45. The molecule has 0 spiro atoms. The minimum atomic E-state index is -2.40. The quantitative estimate of drug-likeness (QED) is 0.338. The molecule has 0 saturated carbocycles. The summed E-state index contributed by atoms with van der Waals surface area (Å²) in [5, 5.41) is 0. The number of methoxy groups -OCH3 is 1. The van der Waals surface area contributed by atoms with Gasteiger partial charge < -0.3 is 18.0 Å². The van der Waals surface area contributed by atoms with Crippen LogP contribution in [0.4, 0.5) is 0 Å². The molecule has 0 fully saturated rings. The van der Waals surface area contributed by atoms with Crippen LogP contribution < -0.4 is 0 Å². The molecule has 0 aliphatic carbocycles. The average molecular weight is 307 g/mol. The third-order valence-electron chi connectivity index (χ3n) is 3.17. The summed E-state index contributed by atoms with van der Waals surface area (Å²) in [5.74, 6) is 0. The monoisotopic (exact) mass is 306 g/mol. The number of hydrogen-bond acceptors (Lipinski definition) is 4. The first-order valence-corrected chi connectivity index (χ1v) is 10.1. The molecule has 0 rings (SSSR count). The van der Waals surface area contributed by atoms with Gasteiger partial charge in [0.05, 0.1) is 0 Å². The molecule has 5 heteroatoms. The van der Waals surface area contributed by atoms with E-state index in [-0.39, 0.29) is 0 Å². The van der Waals surface area contributed by atoms with Crippen molar-refractivity contribution >= 4 is 8.80 Å². The maximum absolute atomic E-state index is 5.85. The van der Waals surface area contributed by atoms with E-state index in [2.05, 4.69) is 0 Å². The molecule has 0 saturated heterocycles. The van der Waals surface area contributed by atoms with Crippen LogP contribution in [0.1, 0.15) is 59.3 Å². The fraction of sp³-hybridized carbons (Fsp3) is 1.00. The molecule has 122 valence electrons. The van der Waals surface area contributed by atoms with Gasteiger partial charge in [-0.1, -0.05) is 25.7 Å². The van der Waals surface area contributed by atoms with E-state index in [1.165, 1.54) is 32.1 Å². The van der Waals surface area contributed by atoms with E-state index in [4.69, 9.17) is 18.0 Å². The molecule has 0 atom stereocenters. The van der Waals surface area contributed by atoms with Crippen molar-refractivity contribution in [3.05, 3.63) is 0 Å². The standard InChI is InChI=1S/C15H34O4Si/c1-5-17-20(18-6-2,19-7-3)15-13-11-9-8-10-12-14-16-4/h5-15H2,1-4H3. The van der Waals surface area contributed by atoms with Crippen LogP contribution in [0, 0.1) is 0 Å². The normalized spacial score (nSPS) is 12.0. The van der Waals surface area contributed by atoms with Gasteiger partial charge in [0.25, 0.3) is 0 Å². The Labute approximate surface area is 126 Å². The minimum Gasteiger partial charge on any atom is -0.385 e. The van der Waals surface area contributed by atoms with E-state index < -0.39 is 8.80 Å². The van der Waals surface area contributed by atoms with Crippen molar-refractivity contribution in [2.75, 3.05) is 33.5 Å². The fourth-order valence-electron chi connectivity index (χ4n) is 2.30. The molecular formula is C15H34O4Si. The van der Waals surface area contributed by atoms with Crippen molar-refractivity contribution in [1.29, 1.82) is 0 Å². The summed E-state index contributed by atoms with van der Waals surface area (Å²) in [6.07, 6.45) is 7.37. The molecular weight excluding hydrogens is 272 g/mol. The first kappa shape index (κ1) is 20.1. The van der Waals surface area contributed by atoms with E-state index in [1.54, 1.807) is 7.11 Å². The van der Waals surface area contributed by atoms with Crippen molar-refractivity contribution in [2.24, 2.45) is 0 Å². The van der Waals surface area contributed by atoms with Crippen LogP contribution in [0.5, 0.6) is 0 Å². The van der Waals surface area contributed by atoms with Crippen LogP contribution in [-0.4, -0.2) is 42.3 Å². The minimum absolute atomic E-state index is 0.670. The molecule has 0 aliphatic heterocycles. The molecule has 0 aromatic carbocycles. The van der Waals surface area contributed by atoms with Crippen molar-refractivity contribution in [3.63, 3.8) is 0 Å². The Morgan fingerprint density at radius 3 is 1.55 bits per heavy atom. The predicted octanol–water partition coefficient (Wildman–Crippen LogP) is 4.02. The number of hydrogen-bond donors (Lipinski definition) is 0. The summed E-state index contributed by atoms with van der Waals surface area (Å²) in [6, 6.07) is 0.945. The second-order valence-corrected chi connectivity index (χ2v) is 7.58. The Kier molecular flexibility index (Phi) is 14.1. The summed E-state index contributed by atoms with van der Waals surface area (Å²) in [5.41, 5.74) is 0. The molecule has 0 aromatic heterocycles. The van der Waals surface area contributed by atoms with Gasteiger partial charge in [0.2, 0.25) is 0 Å². The molecule has 0 aromatic rings. The van der Waals surface area contributed by atoms with Crippen molar-refractivity contribution < 1.29 is 18.0 Å². The lowest BCUT2D eigenvalue weighted by Gasteiger charge is -2.28. The van der Waals surface area contributed by atoms with Gasteiger partial charge in [0.1, 0.15) is 0 Å². The van der Waals surface area contributed by atoms with Gasteiger partial charge in [-0.2, -0.15) is 0 Å². The molecule has 0 heterocycles. The smallest absolute Gasteiger partial charge is 0.385 e. The zero-order valence-electron chi connectivity index (χ0n) is 13.9. The van der Waals surface area contributed by atoms with E-state index in [1.807, 2.05) is 20.8 Å². The van der Waals surface area contributed by atoms with E-state index in [9.17, 15) is 0 Å². The fourth-order valence-corrected chi connectivity index (χ4v) is 4.98. The number of unbranched alkanes of at least 4 members (excludes halogenated alkanes) is 5. The first-order chi connectivity index (χ1) is 9.74. The van der Waals surface area contributed by atoms with Crippen LogP contribution in [0.25, 0.3) is 0 Å². The van der Waals surface area contributed by atoms with Gasteiger partial charge in [-0.3, -0.25) is 0 Å². The molecule has 0 amide bonds. The molecule has 0 radical (unpaired) electrons. The Balaban J connectivity index is 3.82. The zero-order valence-corrected chi connectivity index (χ0v) is 14.9. The first-order valence-electron chi connectivity index (χ1n) is 8.15. The lowest BCUT2D eigenvalue weighted by atomic mass is 10.1. The summed E-state index contributed by atoms with van der Waals surface area (Å²) in [4.78, 5) is 0. The lowest BCUT2D eigenvalue weighted by molar-refractivity contribution is 0.0706. The van der Waals surface area contributed by atoms with Crippen LogP contribution in [0.2, 0.25) is 6.04 Å². The van der Waals surface area contributed by atoms with Gasteiger partial charge in [-0.05, 0) is 33.6 Å². The van der Waals surface area contributed by atoms with E-state index in [0.717, 1.165) is 19.1 Å². The van der Waals surface area contributed by atoms with Gasteiger partial charge >= 0.3 is 8.80 Å². The zero-order chi connectivity index (χ0) is 15.1. The highest BCUT2D eigenvalue weighted by Crippen LogP contribution is 2.20. The van der Waals surface area contributed by atoms with Crippen molar-refractivity contribution in [1.82, 2.24) is 0 Å². The largest absolute Gasteiger partial charge is 0.500 e. The maximum atomic E-state index is 5.85. The second kappa shape index (κ2) is 14.0. The van der Waals surface area contributed by atoms with Crippen LogP contribution in [0.15, 0.2) is 0 Å². The van der Waals surface area contributed by atoms with Gasteiger partial charge in [-0.15, -0.1) is 0 Å². The molecule has 0 N–H and O–H groups in total. The van der Waals surface area contributed by atoms with Crippen LogP contribution >= 0.6 is 0 Å². The van der Waals surface area contributed by atoms with Crippen molar-refractivity contribution in [3.8, 4) is 0 Å². The third kappa shape index (κ3) is 9.88. The Bertz CT molecular complexity index is 185. The Morgan fingerprint density at radius 1 is 0.650 bits per heavy atom. The molecule has 0 unspecified atom stereocenters. The topological polar surface area (TPSA) is 36.9 Å². The second-order valence-electron chi connectivity index (χ2n) is 4.85. The third-order valence-corrected chi connectivity index (χ3v) is 6.33. The number of ether oxygens (including phenoxy) is 1. The summed E-state index contributed by atoms with van der Waals surface area (Å²) in [6.45, 7) is 8.92. The maximum Gasteiger partial charge on any atom is 0.500 e. The average Bonchev–Trinajstić information content (AvgIpc) is 2.43. The van der Waals surface area contributed by atoms with Gasteiger partial charge in [0, 0.05) is 39.6 Å². The van der Waals surface area contributed by atoms with Gasteiger partial charge in [0.15, 0.2) is 0 Å². The van der Waals surface area contributed by atoms with E-state index >= 15 is 0 Å². The molecule has 4 nitrogen and oxygen atoms in total. The summed E-state index contributed by atoms with van der Waals surface area (Å²) < 4.78 is 22.6.